The highest BCUT2D eigenvalue weighted by atomic mass is 32.2. The van der Waals surface area contributed by atoms with E-state index in [1.807, 2.05) is 0 Å². The highest BCUT2D eigenvalue weighted by molar-refractivity contribution is 7.79. The van der Waals surface area contributed by atoms with Crippen LogP contribution in [0.2, 0.25) is 0 Å². The van der Waals surface area contributed by atoms with Crippen LogP contribution in [0.3, 0.4) is 0 Å². The largest absolute Gasteiger partial charge is 0.380 e. The Labute approximate surface area is 75.9 Å². The zero-order valence-electron chi connectivity index (χ0n) is 6.27. The standard InChI is InChI=1S/C7H4FNO3S/c8-6-3-1-2-4-7(6)12-13(11)9-5-10/h1-4H. The lowest BCUT2D eigenvalue weighted by Crippen LogP contribution is -1.97. The molecule has 0 N–H and O–H groups in total. The Hall–Kier alpha value is -1.52. The Morgan fingerprint density at radius 3 is 2.77 bits per heavy atom. The Bertz CT molecular complexity index is 376. The number of carbonyl (C=O) groups excluding carboxylic acids is 1. The molecule has 68 valence electrons. The molecule has 1 unspecified atom stereocenters. The Balaban J connectivity index is 2.80. The second-order valence-corrected chi connectivity index (χ2v) is 2.70. The monoisotopic (exact) mass is 201 g/mol. The van der Waals surface area contributed by atoms with Crippen LogP contribution >= 0.6 is 0 Å². The Morgan fingerprint density at radius 1 is 1.46 bits per heavy atom. The third kappa shape index (κ3) is 2.77. The van der Waals surface area contributed by atoms with Crippen molar-refractivity contribution in [3.63, 3.8) is 0 Å². The lowest BCUT2D eigenvalue weighted by molar-refractivity contribution is 0.510. The molecule has 1 atom stereocenters. The van der Waals surface area contributed by atoms with Gasteiger partial charge in [-0.25, -0.2) is 9.18 Å². The SMILES string of the molecule is O=C=NS(=O)Oc1ccccc1F. The van der Waals surface area contributed by atoms with E-state index in [0.717, 1.165) is 12.1 Å². The number of benzene rings is 1. The molecule has 0 bridgehead atoms. The molecule has 1 rings (SSSR count). The topological polar surface area (TPSA) is 55.7 Å². The summed E-state index contributed by atoms with van der Waals surface area (Å²) in [6, 6.07) is 5.36. The summed E-state index contributed by atoms with van der Waals surface area (Å²) in [6.07, 6.45) is 1.03. The number of hydrogen-bond donors (Lipinski definition) is 0. The highest BCUT2D eigenvalue weighted by Gasteiger charge is 2.05. The maximum Gasteiger partial charge on any atom is 0.350 e. The van der Waals surface area contributed by atoms with Crippen LogP contribution in [-0.2, 0) is 16.1 Å². The van der Waals surface area contributed by atoms with Crippen LogP contribution in [0.1, 0.15) is 0 Å². The van der Waals surface area contributed by atoms with Gasteiger partial charge >= 0.3 is 11.3 Å². The fraction of sp³-hybridized carbons (Fsp3) is 0. The minimum absolute atomic E-state index is 0.222. The molecule has 0 fully saturated rings. The minimum atomic E-state index is -2.22. The summed E-state index contributed by atoms with van der Waals surface area (Å²) in [4.78, 5) is 9.63. The van der Waals surface area contributed by atoms with Gasteiger partial charge in [-0.3, -0.25) is 0 Å². The first-order valence-corrected chi connectivity index (χ1v) is 4.20. The molecule has 0 spiro atoms. The lowest BCUT2D eigenvalue weighted by atomic mass is 10.3. The summed E-state index contributed by atoms with van der Waals surface area (Å²) in [5.41, 5.74) is 0. The molecule has 4 nitrogen and oxygen atoms in total. The van der Waals surface area contributed by atoms with E-state index in [9.17, 15) is 13.4 Å². The molecule has 0 saturated heterocycles. The predicted octanol–water partition coefficient (Wildman–Crippen LogP) is 1.12. The molecule has 0 radical (unpaired) electrons. The summed E-state index contributed by atoms with van der Waals surface area (Å²) in [6.45, 7) is 0. The van der Waals surface area contributed by atoms with Crippen molar-refractivity contribution in [3.8, 4) is 5.75 Å². The first kappa shape index (κ1) is 9.57. The summed E-state index contributed by atoms with van der Waals surface area (Å²) in [7, 11) is 0. The predicted molar refractivity (Wildman–Crippen MR) is 43.3 cm³/mol. The Kier molecular flexibility index (Phi) is 3.31. The van der Waals surface area contributed by atoms with E-state index in [4.69, 9.17) is 0 Å². The maximum absolute atomic E-state index is 12.8. The van der Waals surface area contributed by atoms with Crippen LogP contribution in [-0.4, -0.2) is 10.3 Å². The molecular weight excluding hydrogens is 197 g/mol. The zero-order valence-corrected chi connectivity index (χ0v) is 7.08. The quantitative estimate of drug-likeness (QED) is 0.544. The first-order chi connectivity index (χ1) is 6.24. The summed E-state index contributed by atoms with van der Waals surface area (Å²) >= 11 is -2.22. The number of halogens is 1. The number of nitrogens with zero attached hydrogens (tertiary/aromatic N) is 1. The van der Waals surface area contributed by atoms with Gasteiger partial charge in [-0.15, -0.1) is 0 Å². The van der Waals surface area contributed by atoms with Crippen LogP contribution in [0.5, 0.6) is 5.75 Å². The molecule has 0 amide bonds. The fourth-order valence-electron chi connectivity index (χ4n) is 0.638. The van der Waals surface area contributed by atoms with Crippen molar-refractivity contribution < 1.29 is 17.6 Å². The third-order valence-electron chi connectivity index (χ3n) is 1.11. The Morgan fingerprint density at radius 2 is 2.15 bits per heavy atom. The van der Waals surface area contributed by atoms with Gasteiger partial charge in [-0.1, -0.05) is 16.5 Å². The molecule has 0 aliphatic carbocycles. The number of para-hydroxylation sites is 1. The maximum atomic E-state index is 12.8. The molecule has 1 aromatic rings. The van der Waals surface area contributed by atoms with Crippen LogP contribution in [0.25, 0.3) is 0 Å². The normalized spacial score (nSPS) is 11.5. The second kappa shape index (κ2) is 4.49. The van der Waals surface area contributed by atoms with Crippen molar-refractivity contribution >= 4 is 17.3 Å². The van der Waals surface area contributed by atoms with Crippen LogP contribution in [0.15, 0.2) is 28.7 Å². The lowest BCUT2D eigenvalue weighted by Gasteiger charge is -1.99. The third-order valence-corrected chi connectivity index (χ3v) is 1.66. The zero-order chi connectivity index (χ0) is 9.68. The van der Waals surface area contributed by atoms with Gasteiger partial charge in [0.1, 0.15) is 0 Å². The smallest absolute Gasteiger partial charge is 0.350 e. The van der Waals surface area contributed by atoms with Gasteiger partial charge in [0, 0.05) is 0 Å². The molecular formula is C7H4FNO3S. The average Bonchev–Trinajstić information content (AvgIpc) is 2.09. The first-order valence-electron chi connectivity index (χ1n) is 3.16. The van der Waals surface area contributed by atoms with E-state index in [0.29, 0.717) is 0 Å². The van der Waals surface area contributed by atoms with Gasteiger partial charge in [-0.2, -0.15) is 4.21 Å². The highest BCUT2D eigenvalue weighted by Crippen LogP contribution is 2.16. The number of rotatable bonds is 3. The summed E-state index contributed by atoms with van der Waals surface area (Å²) in [5.74, 6) is -0.892. The molecule has 0 aliphatic rings. The van der Waals surface area contributed by atoms with E-state index >= 15 is 0 Å². The van der Waals surface area contributed by atoms with Gasteiger partial charge in [-0.05, 0) is 12.1 Å². The van der Waals surface area contributed by atoms with Gasteiger partial charge in [0.15, 0.2) is 11.6 Å². The van der Waals surface area contributed by atoms with Gasteiger partial charge in [0.05, 0.1) is 0 Å². The molecule has 13 heavy (non-hydrogen) atoms. The van der Waals surface area contributed by atoms with E-state index in [2.05, 4.69) is 8.58 Å². The van der Waals surface area contributed by atoms with Crippen LogP contribution in [0, 0.1) is 5.82 Å². The van der Waals surface area contributed by atoms with Gasteiger partial charge in [0.25, 0.3) is 6.08 Å². The molecule has 0 heterocycles. The second-order valence-electron chi connectivity index (χ2n) is 1.91. The molecule has 1 aromatic carbocycles. The number of isocyanates is 1. The van der Waals surface area contributed by atoms with Crippen molar-refractivity contribution in [2.24, 2.45) is 4.40 Å². The fourth-order valence-corrected chi connectivity index (χ4v) is 1.03. The summed E-state index contributed by atoms with van der Waals surface area (Å²) in [5, 5.41) is 0. The van der Waals surface area contributed by atoms with Crippen LogP contribution in [0.4, 0.5) is 4.39 Å². The van der Waals surface area contributed by atoms with Crippen LogP contribution < -0.4 is 4.18 Å². The van der Waals surface area contributed by atoms with E-state index < -0.39 is 17.1 Å². The van der Waals surface area contributed by atoms with Crippen molar-refractivity contribution in [1.82, 2.24) is 0 Å². The average molecular weight is 201 g/mol. The van der Waals surface area contributed by atoms with E-state index in [1.165, 1.54) is 18.2 Å². The van der Waals surface area contributed by atoms with Crippen molar-refractivity contribution in [2.45, 2.75) is 0 Å². The van der Waals surface area contributed by atoms with E-state index in [1.54, 1.807) is 0 Å². The van der Waals surface area contributed by atoms with Crippen molar-refractivity contribution in [1.29, 1.82) is 0 Å². The number of hydrogen-bond acceptors (Lipinski definition) is 3. The van der Waals surface area contributed by atoms with Gasteiger partial charge in [0.2, 0.25) is 0 Å². The van der Waals surface area contributed by atoms with E-state index in [-0.39, 0.29) is 5.75 Å². The summed E-state index contributed by atoms with van der Waals surface area (Å²) < 4.78 is 30.6. The molecule has 0 aromatic heterocycles. The molecule has 6 heteroatoms. The van der Waals surface area contributed by atoms with Gasteiger partial charge < -0.3 is 4.18 Å². The molecule has 0 saturated carbocycles. The van der Waals surface area contributed by atoms with Crippen molar-refractivity contribution in [3.05, 3.63) is 30.1 Å². The minimum Gasteiger partial charge on any atom is -0.380 e. The van der Waals surface area contributed by atoms with Crippen molar-refractivity contribution in [2.75, 3.05) is 0 Å². The molecule has 0 aliphatic heterocycles.